The Labute approximate surface area is 129 Å². The quantitative estimate of drug-likeness (QED) is 0.872. The highest BCUT2D eigenvalue weighted by atomic mass is 16.2. The van der Waals surface area contributed by atoms with E-state index >= 15 is 0 Å². The van der Waals surface area contributed by atoms with Crippen LogP contribution in [0.25, 0.3) is 11.1 Å². The first-order valence-corrected chi connectivity index (χ1v) is 7.43. The Morgan fingerprint density at radius 2 is 2.09 bits per heavy atom. The number of fused-ring (bicyclic) bond motifs is 1. The highest BCUT2D eigenvalue weighted by Gasteiger charge is 2.18. The van der Waals surface area contributed by atoms with Gasteiger partial charge in [-0.25, -0.2) is 0 Å². The number of Topliss-reactive ketones (excluding diaryl/α,β-unsaturated/α-hetero) is 1. The number of aromatic nitrogens is 2. The molecule has 1 amide bonds. The van der Waals surface area contributed by atoms with E-state index in [0.29, 0.717) is 6.42 Å². The van der Waals surface area contributed by atoms with E-state index < -0.39 is 0 Å². The van der Waals surface area contributed by atoms with Gasteiger partial charge in [0.05, 0.1) is 6.20 Å². The second-order valence-corrected chi connectivity index (χ2v) is 5.86. The molecular formula is C17H19N3O2. The second-order valence-electron chi connectivity index (χ2n) is 5.86. The monoisotopic (exact) mass is 297 g/mol. The number of nitrogens with zero attached hydrogens (tertiary/aromatic N) is 3. The molecule has 0 N–H and O–H groups in total. The van der Waals surface area contributed by atoms with Gasteiger partial charge in [0, 0.05) is 37.8 Å². The lowest BCUT2D eigenvalue weighted by Crippen LogP contribution is -2.26. The number of rotatable bonds is 3. The zero-order valence-electron chi connectivity index (χ0n) is 12.9. The molecule has 5 heteroatoms. The molecule has 3 rings (SSSR count). The van der Waals surface area contributed by atoms with Gasteiger partial charge in [-0.15, -0.1) is 0 Å². The summed E-state index contributed by atoms with van der Waals surface area (Å²) in [6.07, 6.45) is 6.12. The molecule has 114 valence electrons. The summed E-state index contributed by atoms with van der Waals surface area (Å²) >= 11 is 0. The van der Waals surface area contributed by atoms with E-state index in [1.54, 1.807) is 29.9 Å². The summed E-state index contributed by atoms with van der Waals surface area (Å²) in [6, 6.07) is 6.00. The van der Waals surface area contributed by atoms with Crippen LogP contribution in [0.2, 0.25) is 0 Å². The van der Waals surface area contributed by atoms with Crippen LogP contribution in [0, 0.1) is 0 Å². The Kier molecular flexibility index (Phi) is 3.79. The first kappa shape index (κ1) is 14.5. The number of likely N-dealkylation sites (N-methyl/N-ethyl adjacent to an activating group) is 1. The van der Waals surface area contributed by atoms with Crippen molar-refractivity contribution in [2.24, 2.45) is 0 Å². The maximum Gasteiger partial charge on any atom is 0.243 e. The molecule has 1 heterocycles. The molecule has 2 aromatic rings. The fourth-order valence-electron chi connectivity index (χ4n) is 2.69. The lowest BCUT2D eigenvalue weighted by atomic mass is 9.88. The van der Waals surface area contributed by atoms with Gasteiger partial charge in [-0.05, 0) is 30.0 Å². The minimum Gasteiger partial charge on any atom is -0.347 e. The topological polar surface area (TPSA) is 55.2 Å². The Morgan fingerprint density at radius 3 is 2.86 bits per heavy atom. The van der Waals surface area contributed by atoms with Gasteiger partial charge in [-0.1, -0.05) is 12.1 Å². The Balaban J connectivity index is 1.86. The largest absolute Gasteiger partial charge is 0.347 e. The number of benzene rings is 1. The van der Waals surface area contributed by atoms with Gasteiger partial charge in [-0.3, -0.25) is 14.3 Å². The van der Waals surface area contributed by atoms with E-state index in [1.807, 2.05) is 24.4 Å². The third kappa shape index (κ3) is 2.79. The summed E-state index contributed by atoms with van der Waals surface area (Å²) in [5.74, 6) is 0.216. The van der Waals surface area contributed by atoms with Crippen LogP contribution < -0.4 is 0 Å². The zero-order valence-corrected chi connectivity index (χ0v) is 12.9. The lowest BCUT2D eigenvalue weighted by Gasteiger charge is -2.15. The molecule has 0 saturated heterocycles. The summed E-state index contributed by atoms with van der Waals surface area (Å²) < 4.78 is 1.62. The standard InChI is InChI=1S/C17H19N3O2/c1-19(2)17(22)11-20-10-14(9-18-20)13-7-6-12-4-3-5-16(21)15(12)8-13/h6-10H,3-5,11H2,1-2H3. The van der Waals surface area contributed by atoms with Crippen molar-refractivity contribution in [3.05, 3.63) is 41.7 Å². The van der Waals surface area contributed by atoms with E-state index in [-0.39, 0.29) is 18.2 Å². The summed E-state index contributed by atoms with van der Waals surface area (Å²) in [4.78, 5) is 25.3. The van der Waals surface area contributed by atoms with Crippen molar-refractivity contribution in [3.63, 3.8) is 0 Å². The second kappa shape index (κ2) is 5.75. The predicted octanol–water partition coefficient (Wildman–Crippen LogP) is 2.16. The molecule has 5 nitrogen and oxygen atoms in total. The maximum atomic E-state index is 12.0. The minimum absolute atomic E-state index is 0.00438. The molecule has 1 aliphatic rings. The molecule has 22 heavy (non-hydrogen) atoms. The zero-order chi connectivity index (χ0) is 15.7. The van der Waals surface area contributed by atoms with Crippen molar-refractivity contribution in [2.45, 2.75) is 25.8 Å². The number of hydrogen-bond acceptors (Lipinski definition) is 3. The number of carbonyl (C=O) groups excluding carboxylic acids is 2. The third-order valence-electron chi connectivity index (χ3n) is 4.02. The van der Waals surface area contributed by atoms with Crippen LogP contribution in [0.1, 0.15) is 28.8 Å². The number of amides is 1. The maximum absolute atomic E-state index is 12.0. The van der Waals surface area contributed by atoms with Gasteiger partial charge in [-0.2, -0.15) is 5.10 Å². The Bertz CT molecular complexity index is 731. The number of hydrogen-bond donors (Lipinski definition) is 0. The highest BCUT2D eigenvalue weighted by Crippen LogP contribution is 2.27. The van der Waals surface area contributed by atoms with Crippen LogP contribution in [0.3, 0.4) is 0 Å². The molecule has 0 fully saturated rings. The molecule has 0 unspecified atom stereocenters. The predicted molar refractivity (Wildman–Crippen MR) is 83.6 cm³/mol. The molecule has 1 aromatic carbocycles. The Hall–Kier alpha value is -2.43. The summed E-state index contributed by atoms with van der Waals surface area (Å²) in [5, 5.41) is 4.23. The average Bonchev–Trinajstić information content (AvgIpc) is 2.96. The number of aryl methyl sites for hydroxylation is 1. The smallest absolute Gasteiger partial charge is 0.243 e. The molecule has 1 aliphatic carbocycles. The van der Waals surface area contributed by atoms with E-state index in [1.165, 1.54) is 0 Å². The van der Waals surface area contributed by atoms with Crippen molar-refractivity contribution < 1.29 is 9.59 Å². The van der Waals surface area contributed by atoms with Crippen molar-refractivity contribution in [3.8, 4) is 11.1 Å². The first-order chi connectivity index (χ1) is 10.5. The molecule has 0 radical (unpaired) electrons. The van der Waals surface area contributed by atoms with Crippen molar-refractivity contribution in [1.29, 1.82) is 0 Å². The highest BCUT2D eigenvalue weighted by molar-refractivity contribution is 5.99. The van der Waals surface area contributed by atoms with Gasteiger partial charge in [0.2, 0.25) is 5.91 Å². The van der Waals surface area contributed by atoms with Crippen LogP contribution in [-0.4, -0.2) is 40.5 Å². The molecule has 0 bridgehead atoms. The van der Waals surface area contributed by atoms with E-state index in [9.17, 15) is 9.59 Å². The van der Waals surface area contributed by atoms with Crippen LogP contribution >= 0.6 is 0 Å². The average molecular weight is 297 g/mol. The molecule has 0 atom stereocenters. The summed E-state index contributed by atoms with van der Waals surface area (Å²) in [7, 11) is 3.45. The van der Waals surface area contributed by atoms with Crippen molar-refractivity contribution in [1.82, 2.24) is 14.7 Å². The van der Waals surface area contributed by atoms with Crippen LogP contribution in [-0.2, 0) is 17.8 Å². The molecule has 0 aliphatic heterocycles. The van der Waals surface area contributed by atoms with Gasteiger partial charge >= 0.3 is 0 Å². The fraction of sp³-hybridized carbons (Fsp3) is 0.353. The first-order valence-electron chi connectivity index (χ1n) is 7.43. The van der Waals surface area contributed by atoms with E-state index in [4.69, 9.17) is 0 Å². The van der Waals surface area contributed by atoms with E-state index in [0.717, 1.165) is 35.1 Å². The minimum atomic E-state index is -0.00438. The SMILES string of the molecule is CN(C)C(=O)Cn1cc(-c2ccc3c(c2)C(=O)CCC3)cn1. The van der Waals surface area contributed by atoms with Crippen molar-refractivity contribution >= 4 is 11.7 Å². The van der Waals surface area contributed by atoms with Gasteiger partial charge in [0.1, 0.15) is 6.54 Å². The lowest BCUT2D eigenvalue weighted by molar-refractivity contribution is -0.129. The normalized spacial score (nSPS) is 13.8. The number of carbonyl (C=O) groups is 2. The molecule has 0 spiro atoms. The number of ketones is 1. The summed E-state index contributed by atoms with van der Waals surface area (Å²) in [5.41, 5.74) is 3.86. The molecule has 0 saturated carbocycles. The van der Waals surface area contributed by atoms with Crippen molar-refractivity contribution in [2.75, 3.05) is 14.1 Å². The molecule has 1 aromatic heterocycles. The van der Waals surface area contributed by atoms with Crippen LogP contribution in [0.15, 0.2) is 30.6 Å². The van der Waals surface area contributed by atoms with Crippen LogP contribution in [0.4, 0.5) is 0 Å². The fourth-order valence-corrected chi connectivity index (χ4v) is 2.69. The molecular weight excluding hydrogens is 278 g/mol. The van der Waals surface area contributed by atoms with Crippen LogP contribution in [0.5, 0.6) is 0 Å². The van der Waals surface area contributed by atoms with Gasteiger partial charge < -0.3 is 4.90 Å². The van der Waals surface area contributed by atoms with E-state index in [2.05, 4.69) is 5.10 Å². The van der Waals surface area contributed by atoms with Gasteiger partial charge in [0.15, 0.2) is 5.78 Å². The Morgan fingerprint density at radius 1 is 1.27 bits per heavy atom. The third-order valence-corrected chi connectivity index (χ3v) is 4.02. The van der Waals surface area contributed by atoms with Gasteiger partial charge in [0.25, 0.3) is 0 Å². The summed E-state index contributed by atoms with van der Waals surface area (Å²) in [6.45, 7) is 0.219.